The number of nitrogens with zero attached hydrogens (tertiary/aromatic N) is 8. The second-order valence-electron chi connectivity index (χ2n) is 11.6. The minimum atomic E-state index is -1.21. The summed E-state index contributed by atoms with van der Waals surface area (Å²) in [6.07, 6.45) is 0. The Morgan fingerprint density at radius 3 is 0.966 bits per heavy atom. The van der Waals surface area contributed by atoms with Crippen LogP contribution in [0, 0.1) is 60.7 Å². The number of nitro benzene ring substituents is 6. The molecule has 0 fully saturated rings. The van der Waals surface area contributed by atoms with Gasteiger partial charge in [-0.1, -0.05) is 72.8 Å². The van der Waals surface area contributed by atoms with E-state index in [2.05, 4.69) is 60.7 Å². The van der Waals surface area contributed by atoms with Crippen molar-refractivity contribution in [1.29, 1.82) is 0 Å². The average Bonchev–Trinajstić information content (AvgIpc) is 3.20. The van der Waals surface area contributed by atoms with Gasteiger partial charge in [0, 0.05) is 21.9 Å². The van der Waals surface area contributed by atoms with Gasteiger partial charge in [0.05, 0.1) is 76.2 Å². The Bertz CT molecular complexity index is 2530. The van der Waals surface area contributed by atoms with Gasteiger partial charge in [-0.05, 0) is 24.3 Å². The molecule has 22 nitrogen and oxygen atoms in total. The summed E-state index contributed by atoms with van der Waals surface area (Å²) < 4.78 is 0. The number of pyridine rings is 2. The Morgan fingerprint density at radius 2 is 0.690 bits per heavy atom. The fraction of sp³-hybridized carbons (Fsp3) is 0. The Balaban J connectivity index is 0.000000176. The third-order valence-electron chi connectivity index (χ3n) is 7.96. The standard InChI is InChI=1S/C24H16N2.2C6H3N3O7/c1-3-7-17(8-4-1)21-13-11-19-15-20-12-14-22(18-9-5-2-6-10-18)26-24(20)16-23(19)25-21;2*10-6-4(8(13)14)1-3(7(11)12)2-5(6)9(15)16/h1-16H;2*1-2,10H. The molecule has 0 aliphatic rings. The second-order valence-corrected chi connectivity index (χ2v) is 11.6. The van der Waals surface area contributed by atoms with E-state index in [1.165, 1.54) is 0 Å². The fourth-order valence-corrected chi connectivity index (χ4v) is 5.23. The van der Waals surface area contributed by atoms with Crippen LogP contribution in [0.3, 0.4) is 0 Å². The highest BCUT2D eigenvalue weighted by molar-refractivity contribution is 5.96. The second kappa shape index (κ2) is 16.9. The van der Waals surface area contributed by atoms with Gasteiger partial charge in [-0.25, -0.2) is 9.97 Å². The lowest BCUT2D eigenvalue weighted by atomic mass is 10.1. The van der Waals surface area contributed by atoms with Crippen LogP contribution in [0.5, 0.6) is 11.5 Å². The van der Waals surface area contributed by atoms with Gasteiger partial charge in [-0.15, -0.1) is 0 Å². The van der Waals surface area contributed by atoms with Gasteiger partial charge >= 0.3 is 22.7 Å². The maximum atomic E-state index is 10.4. The lowest BCUT2D eigenvalue weighted by Crippen LogP contribution is -1.97. The number of phenolic OH excluding ortho intramolecular Hbond substituents is 2. The number of hydrogen-bond donors (Lipinski definition) is 2. The zero-order valence-electron chi connectivity index (χ0n) is 28.9. The van der Waals surface area contributed by atoms with Crippen molar-refractivity contribution in [3.63, 3.8) is 0 Å². The van der Waals surface area contributed by atoms with Crippen molar-refractivity contribution in [1.82, 2.24) is 9.97 Å². The van der Waals surface area contributed by atoms with Crippen molar-refractivity contribution in [3.8, 4) is 34.0 Å². The first-order chi connectivity index (χ1) is 27.5. The quantitative estimate of drug-likeness (QED) is 0.0829. The van der Waals surface area contributed by atoms with Gasteiger partial charge in [-0.3, -0.25) is 60.7 Å². The number of hydrogen-bond acceptors (Lipinski definition) is 16. The predicted molar refractivity (Wildman–Crippen MR) is 204 cm³/mol. The summed E-state index contributed by atoms with van der Waals surface area (Å²) in [7, 11) is 0. The molecule has 0 aliphatic heterocycles. The molecule has 0 amide bonds. The van der Waals surface area contributed by atoms with E-state index in [0.717, 1.165) is 44.3 Å². The maximum absolute atomic E-state index is 10.4. The Hall–Kier alpha value is -9.08. The van der Waals surface area contributed by atoms with E-state index in [-0.39, 0.29) is 0 Å². The predicted octanol–water partition coefficient (Wildman–Crippen LogP) is 8.35. The highest BCUT2D eigenvalue weighted by Gasteiger charge is 2.31. The van der Waals surface area contributed by atoms with Crippen LogP contribution in [0.25, 0.3) is 44.3 Å². The largest absolute Gasteiger partial charge is 0.497 e. The molecule has 2 N–H and O–H groups in total. The number of aromatic nitrogens is 2. The first-order valence-corrected chi connectivity index (χ1v) is 16.0. The van der Waals surface area contributed by atoms with Gasteiger partial charge in [0.15, 0.2) is 0 Å². The molecule has 0 saturated heterocycles. The van der Waals surface area contributed by atoms with Gasteiger partial charge in [0.2, 0.25) is 0 Å². The fourth-order valence-electron chi connectivity index (χ4n) is 5.23. The number of benzene rings is 5. The number of rotatable bonds is 8. The topological polar surface area (TPSA) is 325 Å². The Labute approximate surface area is 321 Å². The smallest absolute Gasteiger partial charge is 0.324 e. The van der Waals surface area contributed by atoms with E-state index in [4.69, 9.17) is 20.2 Å². The molecule has 0 radical (unpaired) electrons. The molecule has 22 heteroatoms. The molecule has 0 saturated carbocycles. The van der Waals surface area contributed by atoms with Crippen molar-refractivity contribution >= 4 is 55.9 Å². The van der Waals surface area contributed by atoms with Gasteiger partial charge in [-0.2, -0.15) is 0 Å². The molecule has 58 heavy (non-hydrogen) atoms. The lowest BCUT2D eigenvalue weighted by Gasteiger charge is -2.07. The zero-order valence-corrected chi connectivity index (χ0v) is 28.9. The molecule has 0 atom stereocenters. The molecule has 7 aromatic rings. The van der Waals surface area contributed by atoms with Gasteiger partial charge < -0.3 is 10.2 Å². The van der Waals surface area contributed by atoms with Crippen LogP contribution in [-0.2, 0) is 0 Å². The molecular weight excluding hydrogens is 768 g/mol. The molecule has 0 bridgehead atoms. The van der Waals surface area contributed by atoms with Crippen LogP contribution in [0.1, 0.15) is 0 Å². The SMILES string of the molecule is O=[N+]([O-])c1cc([N+](=O)[O-])c(O)c([N+](=O)[O-])c1.O=[N+]([O-])c1cc([N+](=O)[O-])c(O)c([N+](=O)[O-])c1.c1ccc(-c2ccc3cc4ccc(-c5ccccc5)nc4cc3n2)cc1. The van der Waals surface area contributed by atoms with E-state index >= 15 is 0 Å². The Morgan fingerprint density at radius 1 is 0.379 bits per heavy atom. The minimum absolute atomic E-state index is 0.447. The van der Waals surface area contributed by atoms with E-state index in [9.17, 15) is 60.7 Å². The van der Waals surface area contributed by atoms with Crippen LogP contribution < -0.4 is 0 Å². The van der Waals surface area contributed by atoms with Crippen LogP contribution in [0.4, 0.5) is 34.1 Å². The van der Waals surface area contributed by atoms with E-state index in [1.807, 2.05) is 36.4 Å². The van der Waals surface area contributed by atoms with E-state index in [1.54, 1.807) is 0 Å². The molecule has 0 spiro atoms. The average molecular weight is 791 g/mol. The Kier molecular flexibility index (Phi) is 11.7. The summed E-state index contributed by atoms with van der Waals surface area (Å²) in [5, 5.41) is 82.7. The first kappa shape index (κ1) is 40.1. The van der Waals surface area contributed by atoms with Crippen molar-refractivity contribution < 1.29 is 39.8 Å². The lowest BCUT2D eigenvalue weighted by molar-refractivity contribution is -0.404. The number of fused-ring (bicyclic) bond motifs is 2. The summed E-state index contributed by atoms with van der Waals surface area (Å²) in [4.78, 5) is 65.3. The number of phenols is 2. The summed E-state index contributed by atoms with van der Waals surface area (Å²) in [6.45, 7) is 0. The highest BCUT2D eigenvalue weighted by atomic mass is 16.7. The minimum Gasteiger partial charge on any atom is -0.497 e. The van der Waals surface area contributed by atoms with Crippen molar-refractivity contribution in [2.45, 2.75) is 0 Å². The van der Waals surface area contributed by atoms with Crippen LogP contribution >= 0.6 is 0 Å². The molecule has 290 valence electrons. The summed E-state index contributed by atoms with van der Waals surface area (Å²) in [5.74, 6) is -2.42. The van der Waals surface area contributed by atoms with Gasteiger partial charge in [0.1, 0.15) is 0 Å². The van der Waals surface area contributed by atoms with E-state index in [0.29, 0.717) is 24.3 Å². The molecule has 0 unspecified atom stereocenters. The van der Waals surface area contributed by atoms with Crippen molar-refractivity contribution in [2.75, 3.05) is 0 Å². The molecule has 2 heterocycles. The number of non-ortho nitro benzene ring substituents is 2. The van der Waals surface area contributed by atoms with Crippen molar-refractivity contribution in [3.05, 3.63) is 182 Å². The molecule has 5 aromatic carbocycles. The molecule has 0 aliphatic carbocycles. The van der Waals surface area contributed by atoms with E-state index < -0.39 is 75.2 Å². The van der Waals surface area contributed by atoms with Crippen LogP contribution in [-0.4, -0.2) is 49.7 Å². The van der Waals surface area contributed by atoms with Gasteiger partial charge in [0.25, 0.3) is 22.9 Å². The summed E-state index contributed by atoms with van der Waals surface area (Å²) >= 11 is 0. The van der Waals surface area contributed by atoms with Crippen LogP contribution in [0.2, 0.25) is 0 Å². The normalized spacial score (nSPS) is 10.3. The molecule has 2 aromatic heterocycles. The first-order valence-electron chi connectivity index (χ1n) is 16.0. The molecule has 7 rings (SSSR count). The maximum Gasteiger partial charge on any atom is 0.324 e. The van der Waals surface area contributed by atoms with Crippen LogP contribution in [0.15, 0.2) is 121 Å². The highest BCUT2D eigenvalue weighted by Crippen LogP contribution is 2.40. The monoisotopic (exact) mass is 790 g/mol. The summed E-state index contributed by atoms with van der Waals surface area (Å²) in [5.41, 5.74) is 0.151. The zero-order chi connectivity index (χ0) is 42.3. The van der Waals surface area contributed by atoms with Crippen molar-refractivity contribution in [2.24, 2.45) is 0 Å². The molecular formula is C36H22N8O14. The summed E-state index contributed by atoms with van der Waals surface area (Å²) in [6, 6.07) is 35.0. The number of nitro groups is 6. The third-order valence-corrected chi connectivity index (χ3v) is 7.96. The third kappa shape index (κ3) is 8.99. The number of aromatic hydroxyl groups is 2.